The first-order chi connectivity index (χ1) is 12.0. The lowest BCUT2D eigenvalue weighted by atomic mass is 10.2. The summed E-state index contributed by atoms with van der Waals surface area (Å²) in [4.78, 5) is 2.39. The summed E-state index contributed by atoms with van der Waals surface area (Å²) in [5, 5.41) is 0. The monoisotopic (exact) mass is 354 g/mol. The Kier molecular flexibility index (Phi) is 5.65. The number of ether oxygens (including phenoxy) is 2. The molecule has 0 aliphatic carbocycles. The maximum atomic E-state index is 12.2. The molecule has 1 fully saturated rings. The van der Waals surface area contributed by atoms with Gasteiger partial charge in [-0.15, -0.1) is 13.2 Å². The molecule has 1 aromatic carbocycles. The molecule has 0 amide bonds. The molecular weight excluding hydrogens is 333 g/mol. The van der Waals surface area contributed by atoms with Crippen molar-refractivity contribution in [3.63, 3.8) is 0 Å². The standard InChI is InChI=1S/C18H21F3N2O2/c19-18(20,21)25-17-7-5-16(6-8-17)23-10-2-4-15(23)3-1-9-22-11-13-24-14-12-22/h2,4-8,10H,1,3,9,11-14H2. The van der Waals surface area contributed by atoms with Gasteiger partial charge in [0.2, 0.25) is 0 Å². The summed E-state index contributed by atoms with van der Waals surface area (Å²) in [6.45, 7) is 4.56. The average molecular weight is 354 g/mol. The fourth-order valence-electron chi connectivity index (χ4n) is 2.99. The van der Waals surface area contributed by atoms with E-state index in [9.17, 15) is 13.2 Å². The number of benzene rings is 1. The third-order valence-electron chi connectivity index (χ3n) is 4.19. The lowest BCUT2D eigenvalue weighted by Gasteiger charge is -2.26. The summed E-state index contributed by atoms with van der Waals surface area (Å²) in [5.41, 5.74) is 1.96. The van der Waals surface area contributed by atoms with Crippen LogP contribution in [0.25, 0.3) is 5.69 Å². The van der Waals surface area contributed by atoms with Crippen molar-refractivity contribution in [3.05, 3.63) is 48.3 Å². The van der Waals surface area contributed by atoms with Crippen LogP contribution in [0.15, 0.2) is 42.6 Å². The van der Waals surface area contributed by atoms with Crippen LogP contribution in [0.2, 0.25) is 0 Å². The summed E-state index contributed by atoms with van der Waals surface area (Å²) in [7, 11) is 0. The second kappa shape index (κ2) is 7.93. The first-order valence-electron chi connectivity index (χ1n) is 8.34. The Bertz CT molecular complexity index is 662. The minimum absolute atomic E-state index is 0.211. The van der Waals surface area contributed by atoms with Gasteiger partial charge in [0.05, 0.1) is 13.2 Å². The van der Waals surface area contributed by atoms with Gasteiger partial charge in [0, 0.05) is 30.7 Å². The van der Waals surface area contributed by atoms with Gasteiger partial charge in [0.15, 0.2) is 0 Å². The molecule has 0 radical (unpaired) electrons. The summed E-state index contributed by atoms with van der Waals surface area (Å²) in [6.07, 6.45) is -0.812. The zero-order valence-electron chi connectivity index (χ0n) is 13.8. The van der Waals surface area contributed by atoms with Crippen molar-refractivity contribution in [1.82, 2.24) is 9.47 Å². The van der Waals surface area contributed by atoms with Gasteiger partial charge in [-0.3, -0.25) is 4.90 Å². The van der Waals surface area contributed by atoms with E-state index in [1.54, 1.807) is 12.1 Å². The Morgan fingerprint density at radius 3 is 2.44 bits per heavy atom. The van der Waals surface area contributed by atoms with E-state index in [0.29, 0.717) is 0 Å². The van der Waals surface area contributed by atoms with E-state index in [-0.39, 0.29) is 5.75 Å². The molecule has 0 spiro atoms. The maximum Gasteiger partial charge on any atom is 0.573 e. The molecule has 0 N–H and O–H groups in total. The number of hydrogen-bond donors (Lipinski definition) is 0. The SMILES string of the molecule is FC(F)(F)Oc1ccc(-n2cccc2CCCN2CCOCC2)cc1. The quantitative estimate of drug-likeness (QED) is 0.792. The molecule has 1 aliphatic rings. The second-order valence-corrected chi connectivity index (χ2v) is 5.97. The highest BCUT2D eigenvalue weighted by atomic mass is 19.4. The van der Waals surface area contributed by atoms with Crippen molar-refractivity contribution in [2.75, 3.05) is 32.8 Å². The first kappa shape index (κ1) is 17.8. The van der Waals surface area contributed by atoms with Gasteiger partial charge in [0.1, 0.15) is 5.75 Å². The molecule has 2 aromatic rings. The third-order valence-corrected chi connectivity index (χ3v) is 4.19. The molecule has 0 unspecified atom stereocenters. The van der Waals surface area contributed by atoms with E-state index in [1.165, 1.54) is 12.1 Å². The van der Waals surface area contributed by atoms with Crippen LogP contribution in [0.4, 0.5) is 13.2 Å². The summed E-state index contributed by atoms with van der Waals surface area (Å²) < 4.78 is 47.9. The molecule has 1 aliphatic heterocycles. The number of halogens is 3. The van der Waals surface area contributed by atoms with Gasteiger partial charge >= 0.3 is 6.36 Å². The largest absolute Gasteiger partial charge is 0.573 e. The van der Waals surface area contributed by atoms with Gasteiger partial charge in [-0.1, -0.05) is 0 Å². The molecule has 25 heavy (non-hydrogen) atoms. The van der Waals surface area contributed by atoms with Crippen molar-refractivity contribution in [3.8, 4) is 11.4 Å². The lowest BCUT2D eigenvalue weighted by molar-refractivity contribution is -0.274. The maximum absolute atomic E-state index is 12.2. The molecule has 1 aromatic heterocycles. The Morgan fingerprint density at radius 1 is 1.04 bits per heavy atom. The second-order valence-electron chi connectivity index (χ2n) is 5.97. The van der Waals surface area contributed by atoms with Gasteiger partial charge in [-0.05, 0) is 55.8 Å². The molecule has 7 heteroatoms. The summed E-state index contributed by atoms with van der Waals surface area (Å²) in [5.74, 6) is -0.211. The van der Waals surface area contributed by atoms with E-state index >= 15 is 0 Å². The highest BCUT2D eigenvalue weighted by Crippen LogP contribution is 2.24. The molecule has 0 atom stereocenters. The Hall–Kier alpha value is -1.99. The Morgan fingerprint density at radius 2 is 1.76 bits per heavy atom. The molecule has 136 valence electrons. The Balaban J connectivity index is 1.59. The zero-order valence-corrected chi connectivity index (χ0v) is 13.8. The van der Waals surface area contributed by atoms with Crippen LogP contribution in [0.1, 0.15) is 12.1 Å². The van der Waals surface area contributed by atoms with Gasteiger partial charge < -0.3 is 14.0 Å². The van der Waals surface area contributed by atoms with Gasteiger partial charge in [0.25, 0.3) is 0 Å². The lowest BCUT2D eigenvalue weighted by Crippen LogP contribution is -2.37. The van der Waals surface area contributed by atoms with E-state index in [1.807, 2.05) is 22.9 Å². The van der Waals surface area contributed by atoms with E-state index in [2.05, 4.69) is 9.64 Å². The van der Waals surface area contributed by atoms with Crippen LogP contribution in [-0.4, -0.2) is 48.7 Å². The number of hydrogen-bond acceptors (Lipinski definition) is 3. The van der Waals surface area contributed by atoms with Crippen molar-refractivity contribution >= 4 is 0 Å². The molecule has 4 nitrogen and oxygen atoms in total. The summed E-state index contributed by atoms with van der Waals surface area (Å²) >= 11 is 0. The van der Waals surface area contributed by atoms with Crippen LogP contribution >= 0.6 is 0 Å². The fraction of sp³-hybridized carbons (Fsp3) is 0.444. The molecule has 3 rings (SSSR count). The van der Waals surface area contributed by atoms with Crippen molar-refractivity contribution in [2.45, 2.75) is 19.2 Å². The molecule has 1 saturated heterocycles. The number of morpholine rings is 1. The average Bonchev–Trinajstić information content (AvgIpc) is 3.04. The minimum Gasteiger partial charge on any atom is -0.406 e. The van der Waals surface area contributed by atoms with Crippen molar-refractivity contribution in [1.29, 1.82) is 0 Å². The predicted octanol–water partition coefficient (Wildman–Crippen LogP) is 3.64. The number of aryl methyl sites for hydroxylation is 1. The Labute approximate surface area is 144 Å². The molecular formula is C18H21F3N2O2. The fourth-order valence-corrected chi connectivity index (χ4v) is 2.99. The van der Waals surface area contributed by atoms with Gasteiger partial charge in [-0.2, -0.15) is 0 Å². The van der Waals surface area contributed by atoms with Crippen molar-refractivity contribution in [2.24, 2.45) is 0 Å². The van der Waals surface area contributed by atoms with Crippen LogP contribution in [0.3, 0.4) is 0 Å². The van der Waals surface area contributed by atoms with E-state index in [4.69, 9.17) is 4.74 Å². The number of rotatable bonds is 6. The third kappa shape index (κ3) is 5.24. The highest BCUT2D eigenvalue weighted by molar-refractivity contribution is 5.39. The zero-order chi connectivity index (χ0) is 17.7. The topological polar surface area (TPSA) is 26.6 Å². The molecule has 0 saturated carbocycles. The highest BCUT2D eigenvalue weighted by Gasteiger charge is 2.30. The number of nitrogens with zero attached hydrogens (tertiary/aromatic N) is 2. The normalized spacial score (nSPS) is 16.1. The minimum atomic E-state index is -4.67. The van der Waals surface area contributed by atoms with Gasteiger partial charge in [-0.25, -0.2) is 0 Å². The van der Waals surface area contributed by atoms with E-state index < -0.39 is 6.36 Å². The molecule has 0 bridgehead atoms. The first-order valence-corrected chi connectivity index (χ1v) is 8.34. The van der Waals surface area contributed by atoms with E-state index in [0.717, 1.165) is 57.1 Å². The predicted molar refractivity (Wildman–Crippen MR) is 88.0 cm³/mol. The summed E-state index contributed by atoms with van der Waals surface area (Å²) in [6, 6.07) is 9.92. The van der Waals surface area contributed by atoms with Crippen LogP contribution in [-0.2, 0) is 11.2 Å². The van der Waals surface area contributed by atoms with Crippen LogP contribution in [0.5, 0.6) is 5.75 Å². The van der Waals surface area contributed by atoms with Crippen LogP contribution in [0, 0.1) is 0 Å². The number of aromatic nitrogens is 1. The number of alkyl halides is 3. The smallest absolute Gasteiger partial charge is 0.406 e. The van der Waals surface area contributed by atoms with Crippen molar-refractivity contribution < 1.29 is 22.6 Å². The molecule has 2 heterocycles. The van der Waals surface area contributed by atoms with Crippen LogP contribution < -0.4 is 4.74 Å².